The van der Waals surface area contributed by atoms with Gasteiger partial charge in [0, 0.05) is 37.5 Å². The predicted molar refractivity (Wildman–Crippen MR) is 172 cm³/mol. The summed E-state index contributed by atoms with van der Waals surface area (Å²) < 4.78 is 52.2. The van der Waals surface area contributed by atoms with Crippen LogP contribution in [-0.4, -0.2) is 52.6 Å². The minimum atomic E-state index is -2.73. The highest BCUT2D eigenvalue weighted by molar-refractivity contribution is 5.94. The van der Waals surface area contributed by atoms with E-state index in [0.29, 0.717) is 13.1 Å². The van der Waals surface area contributed by atoms with Crippen molar-refractivity contribution in [2.75, 3.05) is 13.1 Å². The molecule has 1 unspecified atom stereocenters. The van der Waals surface area contributed by atoms with Gasteiger partial charge in [0.05, 0.1) is 17.8 Å². The topological polar surface area (TPSA) is 80.8 Å². The van der Waals surface area contributed by atoms with E-state index in [9.17, 15) is 22.8 Å². The van der Waals surface area contributed by atoms with Crippen molar-refractivity contribution >= 4 is 17.6 Å². The molecule has 1 saturated heterocycles. The van der Waals surface area contributed by atoms with Crippen molar-refractivity contribution in [3.63, 3.8) is 0 Å². The number of ether oxygens (including phenoxy) is 2. The zero-order valence-corrected chi connectivity index (χ0v) is 27.1. The van der Waals surface area contributed by atoms with Gasteiger partial charge in [0.15, 0.2) is 0 Å². The first-order chi connectivity index (χ1) is 22.2. The highest BCUT2D eigenvalue weighted by Crippen LogP contribution is 2.55. The Kier molecular flexibility index (Phi) is 8.57. The molecule has 2 aliphatic carbocycles. The number of alkyl halides is 2. The van der Waals surface area contributed by atoms with Gasteiger partial charge in [-0.1, -0.05) is 42.0 Å². The zero-order valence-electron chi connectivity index (χ0n) is 27.1. The van der Waals surface area contributed by atoms with Gasteiger partial charge in [-0.25, -0.2) is 18.0 Å². The molecule has 7 nitrogen and oxygen atoms in total. The lowest BCUT2D eigenvalue weighted by atomic mass is 9.59. The smallest absolute Gasteiger partial charge is 0.410 e. The molecule has 6 rings (SSSR count). The number of pyridine rings is 1. The molecule has 3 aromatic rings. The molecule has 2 atom stereocenters. The lowest BCUT2D eigenvalue weighted by molar-refractivity contribution is -0.0500. The van der Waals surface area contributed by atoms with Crippen molar-refractivity contribution in [3.8, 4) is 5.75 Å². The molecule has 10 heteroatoms. The second-order valence-corrected chi connectivity index (χ2v) is 14.2. The van der Waals surface area contributed by atoms with Gasteiger partial charge in [0.2, 0.25) is 0 Å². The number of rotatable bonds is 7. The van der Waals surface area contributed by atoms with Crippen LogP contribution >= 0.6 is 0 Å². The average molecular weight is 648 g/mol. The van der Waals surface area contributed by atoms with Crippen LogP contribution in [0.25, 0.3) is 5.57 Å². The molecule has 1 N–H and O–H groups in total. The number of likely N-dealkylation sites (tertiary alicyclic amines) is 1. The van der Waals surface area contributed by atoms with E-state index in [4.69, 9.17) is 9.47 Å². The van der Waals surface area contributed by atoms with Gasteiger partial charge in [0.25, 0.3) is 11.8 Å². The number of hydrogen-bond donors (Lipinski definition) is 1. The average Bonchev–Trinajstić information content (AvgIpc) is 3.31. The van der Waals surface area contributed by atoms with Crippen molar-refractivity contribution in [2.45, 2.75) is 83.5 Å². The minimum Gasteiger partial charge on any atom is -0.489 e. The van der Waals surface area contributed by atoms with Crippen molar-refractivity contribution < 1.29 is 32.2 Å². The van der Waals surface area contributed by atoms with Gasteiger partial charge in [-0.15, -0.1) is 0 Å². The summed E-state index contributed by atoms with van der Waals surface area (Å²) in [6, 6.07) is 15.6. The van der Waals surface area contributed by atoms with Crippen LogP contribution < -0.4 is 10.1 Å². The largest absolute Gasteiger partial charge is 0.489 e. The van der Waals surface area contributed by atoms with Crippen molar-refractivity contribution in [1.82, 2.24) is 15.2 Å². The molecular weight excluding hydrogens is 607 g/mol. The Morgan fingerprint density at radius 2 is 1.62 bits per heavy atom. The summed E-state index contributed by atoms with van der Waals surface area (Å²) in [5.74, 6) is -3.10. The number of carbonyl (C=O) groups excluding carboxylic acids is 2. The summed E-state index contributed by atoms with van der Waals surface area (Å²) in [7, 11) is 0. The van der Waals surface area contributed by atoms with Crippen LogP contribution in [0.4, 0.5) is 18.0 Å². The van der Waals surface area contributed by atoms with Crippen LogP contribution in [0.15, 0.2) is 72.6 Å². The number of carbonyl (C=O) groups is 2. The van der Waals surface area contributed by atoms with Crippen LogP contribution in [0.3, 0.4) is 0 Å². The quantitative estimate of drug-likeness (QED) is 0.280. The van der Waals surface area contributed by atoms with E-state index < -0.39 is 17.6 Å². The van der Waals surface area contributed by atoms with Crippen LogP contribution in [0, 0.1) is 11.2 Å². The second kappa shape index (κ2) is 12.4. The summed E-state index contributed by atoms with van der Waals surface area (Å²) >= 11 is 0. The van der Waals surface area contributed by atoms with Crippen molar-refractivity contribution in [1.29, 1.82) is 0 Å². The Morgan fingerprint density at radius 1 is 0.979 bits per heavy atom. The van der Waals surface area contributed by atoms with E-state index in [1.54, 1.807) is 17.0 Å². The third-order valence-electron chi connectivity index (χ3n) is 9.05. The van der Waals surface area contributed by atoms with E-state index >= 15 is 0 Å². The molecule has 2 saturated carbocycles. The van der Waals surface area contributed by atoms with Gasteiger partial charge in [0.1, 0.15) is 23.3 Å². The number of benzene rings is 2. The molecular formula is C37H40F3N3O4. The predicted octanol–water partition coefficient (Wildman–Crippen LogP) is 8.11. The number of allylic oxidation sites excluding steroid dienone is 1. The Hall–Kier alpha value is -4.34. The molecule has 1 spiro atoms. The highest BCUT2D eigenvalue weighted by Gasteiger charge is 2.53. The van der Waals surface area contributed by atoms with Crippen molar-refractivity contribution in [2.24, 2.45) is 5.41 Å². The lowest BCUT2D eigenvalue weighted by Gasteiger charge is -2.57. The number of nitrogens with zero attached hydrogens (tertiary/aromatic N) is 2. The molecule has 2 amide bonds. The third kappa shape index (κ3) is 7.47. The van der Waals surface area contributed by atoms with Crippen LogP contribution in [0.5, 0.6) is 5.75 Å². The molecule has 0 bridgehead atoms. The van der Waals surface area contributed by atoms with Gasteiger partial charge in [-0.05, 0) is 87.4 Å². The fourth-order valence-electron chi connectivity index (χ4n) is 6.78. The SMILES string of the molecule is C[C@@H](NC(=O)c1cncc(OC2CCC(F)(F)C2)c1)c1ccc(C(=C2CC3(C2)CN(C(=O)OC(C)(C)C)C3)c2ccc(F)cc2)cc1. The Morgan fingerprint density at radius 3 is 2.21 bits per heavy atom. The first kappa shape index (κ1) is 32.6. The standard InChI is InChI=1S/C37H40F3N3O4/c1-23(42-33(44)27-15-31(20-41-19-27)46-30-13-14-37(39,40)18-30)24-5-7-25(8-6-24)32(26-9-11-29(38)12-10-26)28-16-36(17-28)21-43(22-36)34(45)47-35(2,3)4/h5-12,15,19-20,23,30H,13-14,16-18,21-22H2,1-4H3,(H,42,44)/t23-,30?/m1/s1. The summed E-state index contributed by atoms with van der Waals surface area (Å²) in [4.78, 5) is 31.4. The summed E-state index contributed by atoms with van der Waals surface area (Å²) in [6.45, 7) is 8.76. The maximum absolute atomic E-state index is 13.8. The molecule has 248 valence electrons. The van der Waals surface area contributed by atoms with Gasteiger partial charge < -0.3 is 19.7 Å². The first-order valence-corrected chi connectivity index (χ1v) is 16.0. The molecule has 1 aromatic heterocycles. The summed E-state index contributed by atoms with van der Waals surface area (Å²) in [5, 5.41) is 2.98. The Balaban J connectivity index is 1.12. The van der Waals surface area contributed by atoms with E-state index in [0.717, 1.165) is 35.1 Å². The lowest BCUT2D eigenvalue weighted by Crippen LogP contribution is -2.62. The highest BCUT2D eigenvalue weighted by atomic mass is 19.3. The fraction of sp³-hybridized carbons (Fsp3) is 0.432. The number of amides is 2. The molecule has 2 aromatic carbocycles. The molecule has 0 radical (unpaired) electrons. The molecule has 47 heavy (non-hydrogen) atoms. The Bertz CT molecular complexity index is 1670. The van der Waals surface area contributed by atoms with Crippen LogP contribution in [0.1, 0.15) is 92.9 Å². The minimum absolute atomic E-state index is 0.0373. The molecule has 3 fully saturated rings. The molecule has 1 aliphatic heterocycles. The molecule has 2 heterocycles. The first-order valence-electron chi connectivity index (χ1n) is 16.0. The van der Waals surface area contributed by atoms with E-state index in [2.05, 4.69) is 10.3 Å². The maximum atomic E-state index is 13.8. The third-order valence-corrected chi connectivity index (χ3v) is 9.05. The summed E-state index contributed by atoms with van der Waals surface area (Å²) in [5.41, 5.74) is 4.88. The van der Waals surface area contributed by atoms with Gasteiger partial charge in [-0.3, -0.25) is 9.78 Å². The number of halogens is 3. The number of aromatic nitrogens is 1. The van der Waals surface area contributed by atoms with E-state index in [1.165, 1.54) is 36.2 Å². The van der Waals surface area contributed by atoms with E-state index in [-0.39, 0.29) is 59.8 Å². The van der Waals surface area contributed by atoms with E-state index in [1.807, 2.05) is 52.0 Å². The van der Waals surface area contributed by atoms with Crippen LogP contribution in [0.2, 0.25) is 0 Å². The normalized spacial score (nSPS) is 20.2. The summed E-state index contributed by atoms with van der Waals surface area (Å²) in [6.07, 6.45) is 3.33. The van der Waals surface area contributed by atoms with Crippen LogP contribution in [-0.2, 0) is 4.74 Å². The van der Waals surface area contributed by atoms with Gasteiger partial charge in [-0.2, -0.15) is 0 Å². The van der Waals surface area contributed by atoms with Crippen molar-refractivity contribution in [3.05, 3.63) is 101 Å². The maximum Gasteiger partial charge on any atom is 0.410 e. The zero-order chi connectivity index (χ0) is 33.6. The van der Waals surface area contributed by atoms with Gasteiger partial charge >= 0.3 is 6.09 Å². The number of nitrogens with one attached hydrogen (secondary N) is 1. The Labute approximate surface area is 273 Å². The molecule has 3 aliphatic rings. The number of hydrogen-bond acceptors (Lipinski definition) is 5. The fourth-order valence-corrected chi connectivity index (χ4v) is 6.78. The second-order valence-electron chi connectivity index (χ2n) is 14.2. The monoisotopic (exact) mass is 647 g/mol.